The van der Waals surface area contributed by atoms with Gasteiger partial charge in [0.25, 0.3) is 5.01 Å². The van der Waals surface area contributed by atoms with Crippen molar-refractivity contribution in [2.45, 2.75) is 57.3 Å². The Labute approximate surface area is 214 Å². The van der Waals surface area contributed by atoms with Crippen molar-refractivity contribution in [2.24, 2.45) is 0 Å². The Hall–Kier alpha value is -3.16. The number of aromatic nitrogens is 1. The molecule has 5 heterocycles. The minimum atomic E-state index is -0.709. The highest BCUT2D eigenvalue weighted by Gasteiger charge is 2.45. The summed E-state index contributed by atoms with van der Waals surface area (Å²) >= 11 is 1.88. The van der Waals surface area contributed by atoms with E-state index < -0.39 is 5.97 Å². The highest BCUT2D eigenvalue weighted by atomic mass is 32.1. The number of carboxylic acid groups (broad SMARTS) is 1. The van der Waals surface area contributed by atoms with E-state index >= 15 is 0 Å². The minimum absolute atomic E-state index is 0.120. The Morgan fingerprint density at radius 1 is 1.03 bits per heavy atom. The number of unbranched alkanes of at least 4 members (excludes halogenated alkanes) is 2. The number of aryl methyl sites for hydroxylation is 1. The lowest BCUT2D eigenvalue weighted by Gasteiger charge is -2.40. The standard InChI is InChI=1S/C29H29N3O3S/c33-27(34)12-2-1-7-15-30-21-8-3-4-9-22(21)31-16-13-24-19(28(30)31)18-20-25(35-24)14-17-32-23-10-5-6-11-26(23)36-29(20)32/h3-6,8-11,18,24-25H,1-2,7,12-17H2/p+1. The lowest BCUT2D eigenvalue weighted by molar-refractivity contribution is -0.674. The lowest BCUT2D eigenvalue weighted by atomic mass is 9.91. The van der Waals surface area contributed by atoms with Crippen LogP contribution in [0.25, 0.3) is 15.8 Å². The number of fused-ring (bicyclic) bond motifs is 9. The first-order valence-electron chi connectivity index (χ1n) is 13.1. The number of nitrogens with zero attached hydrogens (tertiary/aromatic N) is 3. The van der Waals surface area contributed by atoms with Crippen LogP contribution in [0.2, 0.25) is 0 Å². The van der Waals surface area contributed by atoms with E-state index in [2.05, 4.69) is 69.0 Å². The van der Waals surface area contributed by atoms with Crippen molar-refractivity contribution in [2.75, 3.05) is 22.9 Å². The molecule has 3 aromatic rings. The van der Waals surface area contributed by atoms with Crippen LogP contribution in [-0.4, -0.2) is 36.4 Å². The summed E-state index contributed by atoms with van der Waals surface area (Å²) in [5, 5.41) is 10.3. The second-order valence-corrected chi connectivity index (χ2v) is 11.1. The summed E-state index contributed by atoms with van der Waals surface area (Å²) < 4.78 is 10.6. The van der Waals surface area contributed by atoms with Crippen LogP contribution in [-0.2, 0) is 16.1 Å². The van der Waals surface area contributed by atoms with Crippen molar-refractivity contribution in [3.63, 3.8) is 0 Å². The highest BCUT2D eigenvalue weighted by molar-refractivity contribution is 7.19. The molecule has 0 aliphatic carbocycles. The fourth-order valence-corrected chi connectivity index (χ4v) is 7.55. The van der Waals surface area contributed by atoms with Crippen molar-refractivity contribution in [3.8, 4) is 0 Å². The Bertz CT molecular complexity index is 1420. The molecule has 6 nitrogen and oxygen atoms in total. The molecule has 2 aromatic carbocycles. The summed E-state index contributed by atoms with van der Waals surface area (Å²) in [4.78, 5) is 15.9. The zero-order chi connectivity index (χ0) is 24.2. The second kappa shape index (κ2) is 8.75. The van der Waals surface area contributed by atoms with E-state index in [1.807, 2.05) is 11.3 Å². The van der Waals surface area contributed by atoms with E-state index in [9.17, 15) is 4.79 Å². The first-order chi connectivity index (χ1) is 17.7. The zero-order valence-corrected chi connectivity index (χ0v) is 21.0. The van der Waals surface area contributed by atoms with Crippen LogP contribution < -0.4 is 14.4 Å². The van der Waals surface area contributed by atoms with Gasteiger partial charge in [0.05, 0.1) is 29.2 Å². The molecule has 2 unspecified atom stereocenters. The number of benzene rings is 2. The maximum absolute atomic E-state index is 10.9. The number of aliphatic carboxylic acids is 1. The predicted octanol–water partition coefficient (Wildman–Crippen LogP) is 5.33. The SMILES string of the molecule is O=C(O)CCCCCN1C2=C3C=C4c5sc6ccccc6[n+]5CCC4OC3CCN2c2ccccc21. The molecule has 0 bridgehead atoms. The predicted molar refractivity (Wildman–Crippen MR) is 142 cm³/mol. The monoisotopic (exact) mass is 500 g/mol. The molecule has 7 rings (SSSR count). The quantitative estimate of drug-likeness (QED) is 0.366. The molecule has 0 radical (unpaired) electrons. The van der Waals surface area contributed by atoms with E-state index in [1.54, 1.807) is 0 Å². The van der Waals surface area contributed by atoms with Crippen LogP contribution >= 0.6 is 11.3 Å². The van der Waals surface area contributed by atoms with Gasteiger partial charge in [-0.3, -0.25) is 4.79 Å². The number of hydrogen-bond acceptors (Lipinski definition) is 5. The van der Waals surface area contributed by atoms with Crippen molar-refractivity contribution in [3.05, 3.63) is 71.0 Å². The first kappa shape index (κ1) is 22.1. The molecule has 7 heteroatoms. The second-order valence-electron chi connectivity index (χ2n) is 10.1. The van der Waals surface area contributed by atoms with Crippen LogP contribution in [0.3, 0.4) is 0 Å². The average Bonchev–Trinajstić information content (AvgIpc) is 3.43. The number of anilines is 2. The van der Waals surface area contributed by atoms with Gasteiger partial charge in [0, 0.05) is 37.6 Å². The Balaban J connectivity index is 1.30. The summed E-state index contributed by atoms with van der Waals surface area (Å²) in [5.74, 6) is 0.550. The molecular formula is C29H30N3O3S+. The van der Waals surface area contributed by atoms with Gasteiger partial charge in [-0.15, -0.1) is 0 Å². The van der Waals surface area contributed by atoms with Gasteiger partial charge in [0.2, 0.25) is 5.52 Å². The third-order valence-corrected chi connectivity index (χ3v) is 9.14. The van der Waals surface area contributed by atoms with E-state index in [4.69, 9.17) is 9.84 Å². The number of ether oxygens (including phenoxy) is 1. The summed E-state index contributed by atoms with van der Waals surface area (Å²) in [7, 11) is 0. The van der Waals surface area contributed by atoms with E-state index in [-0.39, 0.29) is 18.6 Å². The average molecular weight is 501 g/mol. The fraction of sp³-hybridized carbons (Fsp3) is 0.379. The summed E-state index contributed by atoms with van der Waals surface area (Å²) in [5.41, 5.74) is 6.45. The van der Waals surface area contributed by atoms with Crippen molar-refractivity contribution in [1.29, 1.82) is 0 Å². The molecule has 4 aliphatic heterocycles. The van der Waals surface area contributed by atoms with Gasteiger partial charge < -0.3 is 19.6 Å². The van der Waals surface area contributed by atoms with E-state index in [1.165, 1.54) is 43.6 Å². The zero-order valence-electron chi connectivity index (χ0n) is 20.2. The van der Waals surface area contributed by atoms with E-state index in [0.717, 1.165) is 51.7 Å². The molecule has 0 saturated heterocycles. The minimum Gasteiger partial charge on any atom is -0.481 e. The van der Waals surface area contributed by atoms with Gasteiger partial charge in [-0.05, 0) is 43.5 Å². The van der Waals surface area contributed by atoms with Gasteiger partial charge in [0.15, 0.2) is 6.54 Å². The van der Waals surface area contributed by atoms with Gasteiger partial charge in [-0.25, -0.2) is 0 Å². The van der Waals surface area contributed by atoms with Gasteiger partial charge in [-0.1, -0.05) is 42.0 Å². The number of rotatable bonds is 6. The fourth-order valence-electron chi connectivity index (χ4n) is 6.30. The summed E-state index contributed by atoms with van der Waals surface area (Å²) in [6, 6.07) is 17.4. The topological polar surface area (TPSA) is 56.9 Å². The molecule has 1 aromatic heterocycles. The Morgan fingerprint density at radius 3 is 2.75 bits per heavy atom. The number of carbonyl (C=O) groups is 1. The summed E-state index contributed by atoms with van der Waals surface area (Å²) in [6.07, 6.45) is 7.59. The van der Waals surface area contributed by atoms with E-state index in [0.29, 0.717) is 0 Å². The molecule has 4 aliphatic rings. The van der Waals surface area contributed by atoms with Crippen molar-refractivity contribution in [1.82, 2.24) is 0 Å². The Morgan fingerprint density at radius 2 is 1.86 bits per heavy atom. The van der Waals surface area contributed by atoms with Gasteiger partial charge in [-0.2, -0.15) is 4.57 Å². The first-order valence-corrected chi connectivity index (χ1v) is 13.9. The molecule has 184 valence electrons. The molecule has 1 N–H and O–H groups in total. The molecule has 0 spiro atoms. The number of carboxylic acids is 1. The number of para-hydroxylation sites is 3. The largest absolute Gasteiger partial charge is 0.481 e. The molecule has 0 fully saturated rings. The van der Waals surface area contributed by atoms with Crippen LogP contribution in [0.4, 0.5) is 11.4 Å². The smallest absolute Gasteiger partial charge is 0.303 e. The lowest BCUT2D eigenvalue weighted by Crippen LogP contribution is -2.48. The van der Waals surface area contributed by atoms with Crippen molar-refractivity contribution >= 4 is 44.5 Å². The van der Waals surface area contributed by atoms with Crippen molar-refractivity contribution < 1.29 is 19.2 Å². The third kappa shape index (κ3) is 3.48. The molecule has 0 saturated carbocycles. The normalized spacial score (nSPS) is 22.1. The third-order valence-electron chi connectivity index (χ3n) is 7.92. The number of thiazole rings is 1. The Kier molecular flexibility index (Phi) is 5.36. The van der Waals surface area contributed by atoms with Crippen LogP contribution in [0.15, 0.2) is 66.0 Å². The van der Waals surface area contributed by atoms with Crippen LogP contribution in [0.1, 0.15) is 43.5 Å². The number of hydrogen-bond donors (Lipinski definition) is 1. The molecule has 2 atom stereocenters. The molecule has 36 heavy (non-hydrogen) atoms. The molecule has 0 amide bonds. The highest BCUT2D eigenvalue weighted by Crippen LogP contribution is 2.49. The van der Waals surface area contributed by atoms with Crippen LogP contribution in [0.5, 0.6) is 0 Å². The molecular weight excluding hydrogens is 470 g/mol. The summed E-state index contributed by atoms with van der Waals surface area (Å²) in [6.45, 7) is 2.84. The van der Waals surface area contributed by atoms with Gasteiger partial charge in [0.1, 0.15) is 10.5 Å². The van der Waals surface area contributed by atoms with Gasteiger partial charge >= 0.3 is 5.97 Å². The maximum atomic E-state index is 10.9. The maximum Gasteiger partial charge on any atom is 0.303 e. The van der Waals surface area contributed by atoms with Crippen LogP contribution in [0, 0.1) is 0 Å².